The molecule has 0 aliphatic carbocycles. The predicted octanol–water partition coefficient (Wildman–Crippen LogP) is 2.89. The summed E-state index contributed by atoms with van der Waals surface area (Å²) < 4.78 is 0. The van der Waals surface area contributed by atoms with Gasteiger partial charge in [-0.05, 0) is 31.5 Å². The van der Waals surface area contributed by atoms with Crippen LogP contribution in [0.1, 0.15) is 25.8 Å². The standard InChI is InChI=1S/C13H16ClNO/c1-13(2)12(16)7-8-15(13)9-10-3-5-11(14)6-4-10/h3-6H,7-9H2,1-2H3. The summed E-state index contributed by atoms with van der Waals surface area (Å²) >= 11 is 5.84. The summed E-state index contributed by atoms with van der Waals surface area (Å²) in [5.74, 6) is 0.335. The Balaban J connectivity index is 2.11. The Kier molecular flexibility index (Phi) is 3.04. The molecule has 0 N–H and O–H groups in total. The van der Waals surface area contributed by atoms with Crippen LogP contribution in [0, 0.1) is 0 Å². The molecule has 1 saturated heterocycles. The zero-order chi connectivity index (χ0) is 11.8. The van der Waals surface area contributed by atoms with Crippen LogP contribution in [0.25, 0.3) is 0 Å². The molecular weight excluding hydrogens is 222 g/mol. The SMILES string of the molecule is CC1(C)C(=O)CCN1Cc1ccc(Cl)cc1. The molecule has 1 fully saturated rings. The summed E-state index contributed by atoms with van der Waals surface area (Å²) in [6.07, 6.45) is 0.667. The summed E-state index contributed by atoms with van der Waals surface area (Å²) in [4.78, 5) is 13.9. The quantitative estimate of drug-likeness (QED) is 0.789. The van der Waals surface area contributed by atoms with Crippen molar-refractivity contribution in [3.63, 3.8) is 0 Å². The highest BCUT2D eigenvalue weighted by atomic mass is 35.5. The van der Waals surface area contributed by atoms with Crippen molar-refractivity contribution in [3.05, 3.63) is 34.9 Å². The van der Waals surface area contributed by atoms with Crippen LogP contribution >= 0.6 is 11.6 Å². The van der Waals surface area contributed by atoms with Crippen LogP contribution in [-0.2, 0) is 11.3 Å². The van der Waals surface area contributed by atoms with Gasteiger partial charge >= 0.3 is 0 Å². The van der Waals surface area contributed by atoms with Gasteiger partial charge in [0.15, 0.2) is 5.78 Å². The third kappa shape index (κ3) is 2.13. The second-order valence-electron chi connectivity index (χ2n) is 4.78. The van der Waals surface area contributed by atoms with Crippen LogP contribution in [0.3, 0.4) is 0 Å². The fourth-order valence-corrected chi connectivity index (χ4v) is 2.21. The molecule has 2 nitrogen and oxygen atoms in total. The van der Waals surface area contributed by atoms with Crippen molar-refractivity contribution in [2.24, 2.45) is 0 Å². The minimum Gasteiger partial charge on any atom is -0.298 e. The number of hydrogen-bond donors (Lipinski definition) is 0. The van der Waals surface area contributed by atoms with E-state index < -0.39 is 0 Å². The average molecular weight is 238 g/mol. The summed E-state index contributed by atoms with van der Waals surface area (Å²) in [5.41, 5.74) is 0.881. The van der Waals surface area contributed by atoms with E-state index in [1.807, 2.05) is 38.1 Å². The Bertz CT molecular complexity index is 397. The van der Waals surface area contributed by atoms with E-state index >= 15 is 0 Å². The maximum atomic E-state index is 11.7. The molecule has 0 bridgehead atoms. The number of halogens is 1. The molecule has 0 atom stereocenters. The largest absolute Gasteiger partial charge is 0.298 e. The van der Waals surface area contributed by atoms with Crippen molar-refractivity contribution in [2.75, 3.05) is 6.54 Å². The zero-order valence-electron chi connectivity index (χ0n) is 9.66. The fraction of sp³-hybridized carbons (Fsp3) is 0.462. The second-order valence-corrected chi connectivity index (χ2v) is 5.22. The van der Waals surface area contributed by atoms with E-state index in [2.05, 4.69) is 4.90 Å². The van der Waals surface area contributed by atoms with Crippen molar-refractivity contribution >= 4 is 17.4 Å². The van der Waals surface area contributed by atoms with E-state index in [9.17, 15) is 4.79 Å². The fourth-order valence-electron chi connectivity index (χ4n) is 2.09. The summed E-state index contributed by atoms with van der Waals surface area (Å²) in [6, 6.07) is 7.81. The van der Waals surface area contributed by atoms with Crippen LogP contribution in [0.2, 0.25) is 5.02 Å². The lowest BCUT2D eigenvalue weighted by atomic mass is 10.00. The Morgan fingerprint density at radius 2 is 1.94 bits per heavy atom. The van der Waals surface area contributed by atoms with E-state index in [0.717, 1.165) is 18.1 Å². The van der Waals surface area contributed by atoms with E-state index in [4.69, 9.17) is 11.6 Å². The Morgan fingerprint density at radius 3 is 2.44 bits per heavy atom. The highest BCUT2D eigenvalue weighted by molar-refractivity contribution is 6.30. The molecule has 3 heteroatoms. The molecule has 1 aliphatic rings. The topological polar surface area (TPSA) is 20.3 Å². The molecule has 1 heterocycles. The van der Waals surface area contributed by atoms with Crippen LogP contribution < -0.4 is 0 Å². The first-order chi connectivity index (χ1) is 7.50. The molecule has 0 spiro atoms. The highest BCUT2D eigenvalue weighted by Crippen LogP contribution is 2.27. The lowest BCUT2D eigenvalue weighted by Gasteiger charge is -2.29. The number of ketones is 1. The van der Waals surface area contributed by atoms with Crippen molar-refractivity contribution in [2.45, 2.75) is 32.4 Å². The monoisotopic (exact) mass is 237 g/mol. The highest BCUT2D eigenvalue weighted by Gasteiger charge is 2.39. The van der Waals surface area contributed by atoms with E-state index in [1.54, 1.807) is 0 Å². The second kappa shape index (κ2) is 4.19. The maximum Gasteiger partial charge on any atom is 0.153 e. The van der Waals surface area contributed by atoms with Crippen LogP contribution in [-0.4, -0.2) is 22.8 Å². The molecule has 0 aromatic heterocycles. The number of carbonyl (C=O) groups excluding carboxylic acids is 1. The average Bonchev–Trinajstić information content (AvgIpc) is 2.48. The van der Waals surface area contributed by atoms with Gasteiger partial charge in [-0.25, -0.2) is 0 Å². The van der Waals surface area contributed by atoms with Crippen molar-refractivity contribution in [1.29, 1.82) is 0 Å². The van der Waals surface area contributed by atoms with Crippen LogP contribution in [0.4, 0.5) is 0 Å². The van der Waals surface area contributed by atoms with Gasteiger partial charge in [0.1, 0.15) is 0 Å². The molecule has 1 aromatic rings. The first-order valence-electron chi connectivity index (χ1n) is 5.53. The van der Waals surface area contributed by atoms with Gasteiger partial charge in [0.2, 0.25) is 0 Å². The smallest absolute Gasteiger partial charge is 0.153 e. The number of Topliss-reactive ketones (excluding diaryl/α,β-unsaturated/α-hetero) is 1. The minimum atomic E-state index is -0.320. The van der Waals surface area contributed by atoms with Crippen molar-refractivity contribution in [1.82, 2.24) is 4.90 Å². The lowest BCUT2D eigenvalue weighted by molar-refractivity contribution is -0.123. The van der Waals surface area contributed by atoms with Crippen molar-refractivity contribution in [3.8, 4) is 0 Å². The summed E-state index contributed by atoms with van der Waals surface area (Å²) in [5, 5.41) is 0.750. The third-order valence-electron chi connectivity index (χ3n) is 3.37. The molecule has 0 radical (unpaired) electrons. The summed E-state index contributed by atoms with van der Waals surface area (Å²) in [7, 11) is 0. The lowest BCUT2D eigenvalue weighted by Crippen LogP contribution is -2.42. The van der Waals surface area contributed by atoms with Crippen LogP contribution in [0.15, 0.2) is 24.3 Å². The number of nitrogens with zero attached hydrogens (tertiary/aromatic N) is 1. The molecule has 86 valence electrons. The normalized spacial score (nSPS) is 20.3. The molecule has 16 heavy (non-hydrogen) atoms. The Hall–Kier alpha value is -0.860. The molecular formula is C13H16ClNO. The number of benzene rings is 1. The van der Waals surface area contributed by atoms with Crippen molar-refractivity contribution < 1.29 is 4.79 Å². The molecule has 0 unspecified atom stereocenters. The van der Waals surface area contributed by atoms with Gasteiger partial charge in [-0.15, -0.1) is 0 Å². The first-order valence-corrected chi connectivity index (χ1v) is 5.91. The van der Waals surface area contributed by atoms with Gasteiger partial charge in [-0.3, -0.25) is 9.69 Å². The molecule has 1 aromatic carbocycles. The number of likely N-dealkylation sites (tertiary alicyclic amines) is 1. The Labute approximate surface area is 101 Å². The number of carbonyl (C=O) groups is 1. The predicted molar refractivity (Wildman–Crippen MR) is 65.6 cm³/mol. The van der Waals surface area contributed by atoms with Gasteiger partial charge in [0.05, 0.1) is 5.54 Å². The van der Waals surface area contributed by atoms with Gasteiger partial charge in [0.25, 0.3) is 0 Å². The van der Waals surface area contributed by atoms with Gasteiger partial charge < -0.3 is 0 Å². The number of rotatable bonds is 2. The van der Waals surface area contributed by atoms with Gasteiger partial charge in [0, 0.05) is 24.5 Å². The minimum absolute atomic E-state index is 0.320. The zero-order valence-corrected chi connectivity index (χ0v) is 10.4. The number of hydrogen-bond acceptors (Lipinski definition) is 2. The molecule has 0 amide bonds. The maximum absolute atomic E-state index is 11.7. The first kappa shape index (κ1) is 11.6. The van der Waals surface area contributed by atoms with E-state index in [1.165, 1.54) is 5.56 Å². The van der Waals surface area contributed by atoms with Crippen LogP contribution in [0.5, 0.6) is 0 Å². The molecule has 1 aliphatic heterocycles. The van der Waals surface area contributed by atoms with E-state index in [-0.39, 0.29) is 5.54 Å². The Morgan fingerprint density at radius 1 is 1.31 bits per heavy atom. The van der Waals surface area contributed by atoms with Gasteiger partial charge in [-0.1, -0.05) is 23.7 Å². The third-order valence-corrected chi connectivity index (χ3v) is 3.62. The van der Waals surface area contributed by atoms with Gasteiger partial charge in [-0.2, -0.15) is 0 Å². The molecule has 0 saturated carbocycles. The molecule has 2 rings (SSSR count). The summed E-state index contributed by atoms with van der Waals surface area (Å²) in [6.45, 7) is 5.67. The van der Waals surface area contributed by atoms with E-state index in [0.29, 0.717) is 12.2 Å².